The van der Waals surface area contributed by atoms with E-state index >= 15 is 0 Å². The first-order chi connectivity index (χ1) is 7.59. The van der Waals surface area contributed by atoms with Gasteiger partial charge in [-0.1, -0.05) is 5.16 Å². The van der Waals surface area contributed by atoms with Crippen molar-refractivity contribution in [2.45, 2.75) is 6.54 Å². The zero-order valence-corrected chi connectivity index (χ0v) is 7.81. The summed E-state index contributed by atoms with van der Waals surface area (Å²) in [6.45, 7) is -0.224. The summed E-state index contributed by atoms with van der Waals surface area (Å²) in [5.41, 5.74) is -2.20. The zero-order chi connectivity index (χ0) is 11.7. The van der Waals surface area contributed by atoms with Crippen molar-refractivity contribution < 1.29 is 14.0 Å². The maximum atomic E-state index is 13.0. The lowest BCUT2D eigenvalue weighted by molar-refractivity contribution is 0.338. The number of rotatable bonds is 2. The second kappa shape index (κ2) is 3.65. The van der Waals surface area contributed by atoms with Crippen LogP contribution in [0.2, 0.25) is 0 Å². The van der Waals surface area contributed by atoms with Crippen LogP contribution in [-0.2, 0) is 6.54 Å². The topological polar surface area (TPSA) is 101 Å². The minimum Gasteiger partial charge on any atom is -0.492 e. The maximum absolute atomic E-state index is 13.0. The van der Waals surface area contributed by atoms with Gasteiger partial charge in [0.25, 0.3) is 5.56 Å². The number of H-pyrrole nitrogens is 1. The van der Waals surface area contributed by atoms with E-state index in [9.17, 15) is 19.1 Å². The molecule has 0 saturated heterocycles. The molecule has 2 aromatic rings. The molecule has 0 radical (unpaired) electrons. The van der Waals surface area contributed by atoms with E-state index in [1.807, 2.05) is 0 Å². The van der Waals surface area contributed by atoms with Gasteiger partial charge in [0, 0.05) is 6.07 Å². The largest absolute Gasteiger partial charge is 0.492 e. The smallest absolute Gasteiger partial charge is 0.331 e. The highest BCUT2D eigenvalue weighted by Gasteiger charge is 2.14. The van der Waals surface area contributed by atoms with Crippen LogP contribution >= 0.6 is 0 Å². The molecule has 0 bridgehead atoms. The lowest BCUT2D eigenvalue weighted by Gasteiger charge is -2.04. The van der Waals surface area contributed by atoms with Crippen molar-refractivity contribution in [2.75, 3.05) is 0 Å². The Labute approximate surface area is 86.8 Å². The third kappa shape index (κ3) is 1.60. The van der Waals surface area contributed by atoms with E-state index < -0.39 is 22.9 Å². The molecular formula is C8H6FN3O4. The number of nitrogens with one attached hydrogen (secondary N) is 1. The maximum Gasteiger partial charge on any atom is 0.331 e. The Bertz CT molecular complexity index is 613. The Morgan fingerprint density at radius 1 is 1.56 bits per heavy atom. The molecule has 0 aliphatic carbocycles. The molecule has 0 aliphatic heterocycles. The summed E-state index contributed by atoms with van der Waals surface area (Å²) in [6.07, 6.45) is 1.33. The SMILES string of the molecule is O=c1[nH]c(=O)n(Cc2ccno2)c(O)c1F. The van der Waals surface area contributed by atoms with Crippen molar-refractivity contribution >= 4 is 0 Å². The van der Waals surface area contributed by atoms with Gasteiger partial charge in [0.15, 0.2) is 5.76 Å². The summed E-state index contributed by atoms with van der Waals surface area (Å²) >= 11 is 0. The first-order valence-corrected chi connectivity index (χ1v) is 4.20. The zero-order valence-electron chi connectivity index (χ0n) is 7.81. The van der Waals surface area contributed by atoms with Gasteiger partial charge in [-0.2, -0.15) is 4.39 Å². The van der Waals surface area contributed by atoms with Crippen molar-refractivity contribution in [2.24, 2.45) is 0 Å². The summed E-state index contributed by atoms with van der Waals surface area (Å²) in [6, 6.07) is 1.44. The van der Waals surface area contributed by atoms with Crippen molar-refractivity contribution in [3.8, 4) is 5.88 Å². The van der Waals surface area contributed by atoms with E-state index in [2.05, 4.69) is 9.68 Å². The highest BCUT2D eigenvalue weighted by atomic mass is 19.1. The molecule has 0 saturated carbocycles. The first-order valence-electron chi connectivity index (χ1n) is 4.20. The van der Waals surface area contributed by atoms with Gasteiger partial charge in [0.05, 0.1) is 12.7 Å². The number of nitrogens with zero attached hydrogens (tertiary/aromatic N) is 2. The van der Waals surface area contributed by atoms with Crippen LogP contribution in [0.5, 0.6) is 5.88 Å². The van der Waals surface area contributed by atoms with Gasteiger partial charge < -0.3 is 9.63 Å². The molecule has 7 nitrogen and oxygen atoms in total. The van der Waals surface area contributed by atoms with Crippen LogP contribution in [0.3, 0.4) is 0 Å². The summed E-state index contributed by atoms with van der Waals surface area (Å²) in [4.78, 5) is 23.7. The van der Waals surface area contributed by atoms with E-state index in [4.69, 9.17) is 0 Å². The average molecular weight is 227 g/mol. The van der Waals surface area contributed by atoms with Gasteiger partial charge >= 0.3 is 5.69 Å². The van der Waals surface area contributed by atoms with Crippen LogP contribution in [0.4, 0.5) is 4.39 Å². The minimum atomic E-state index is -1.42. The molecule has 84 valence electrons. The molecule has 8 heteroatoms. The van der Waals surface area contributed by atoms with E-state index in [1.165, 1.54) is 12.3 Å². The van der Waals surface area contributed by atoms with Crippen LogP contribution in [0, 0.1) is 5.82 Å². The fourth-order valence-corrected chi connectivity index (χ4v) is 1.16. The molecule has 2 aromatic heterocycles. The third-order valence-electron chi connectivity index (χ3n) is 1.92. The minimum absolute atomic E-state index is 0.224. The molecule has 16 heavy (non-hydrogen) atoms. The number of hydrogen-bond donors (Lipinski definition) is 2. The average Bonchev–Trinajstić information content (AvgIpc) is 2.74. The molecule has 2 heterocycles. The second-order valence-corrected chi connectivity index (χ2v) is 2.96. The first kappa shape index (κ1) is 10.1. The van der Waals surface area contributed by atoms with Crippen molar-refractivity contribution in [3.63, 3.8) is 0 Å². The van der Waals surface area contributed by atoms with E-state index in [1.54, 1.807) is 4.98 Å². The van der Waals surface area contributed by atoms with Crippen LogP contribution in [0.1, 0.15) is 5.76 Å². The molecular weight excluding hydrogens is 221 g/mol. The molecule has 0 unspecified atom stereocenters. The van der Waals surface area contributed by atoms with Gasteiger partial charge in [0.2, 0.25) is 11.7 Å². The number of aromatic amines is 1. The predicted molar refractivity (Wildman–Crippen MR) is 48.6 cm³/mol. The van der Waals surface area contributed by atoms with Gasteiger partial charge in [-0.25, -0.2) is 4.79 Å². The Morgan fingerprint density at radius 3 is 2.94 bits per heavy atom. The normalized spacial score (nSPS) is 10.6. The summed E-state index contributed by atoms with van der Waals surface area (Å²) in [7, 11) is 0. The molecule has 0 aromatic carbocycles. The molecule has 0 atom stereocenters. The van der Waals surface area contributed by atoms with Gasteiger partial charge in [0.1, 0.15) is 0 Å². The Kier molecular flexibility index (Phi) is 2.31. The predicted octanol–water partition coefficient (Wildman–Crippen LogP) is -0.582. The third-order valence-corrected chi connectivity index (χ3v) is 1.92. The summed E-state index contributed by atoms with van der Waals surface area (Å²) in [5, 5.41) is 12.6. The standard InChI is InChI=1S/C8H6FN3O4/c9-5-6(13)11-8(15)12(7(5)14)3-4-1-2-10-16-4/h1-2,14H,3H2,(H,11,13,15). The van der Waals surface area contributed by atoms with Crippen molar-refractivity contribution in [3.05, 3.63) is 44.7 Å². The van der Waals surface area contributed by atoms with Crippen LogP contribution in [0.25, 0.3) is 0 Å². The molecule has 0 spiro atoms. The van der Waals surface area contributed by atoms with Crippen LogP contribution in [-0.4, -0.2) is 19.8 Å². The highest BCUT2D eigenvalue weighted by Crippen LogP contribution is 2.09. The second-order valence-electron chi connectivity index (χ2n) is 2.96. The number of hydrogen-bond acceptors (Lipinski definition) is 5. The molecule has 0 fully saturated rings. The number of halogens is 1. The number of aromatic nitrogens is 3. The molecule has 0 aliphatic rings. The van der Waals surface area contributed by atoms with E-state index in [-0.39, 0.29) is 12.3 Å². The highest BCUT2D eigenvalue weighted by molar-refractivity contribution is 5.11. The molecule has 2 N–H and O–H groups in total. The summed E-state index contributed by atoms with van der Waals surface area (Å²) < 4.78 is 18.3. The van der Waals surface area contributed by atoms with Gasteiger partial charge in [-0.15, -0.1) is 0 Å². The Morgan fingerprint density at radius 2 is 2.31 bits per heavy atom. The fraction of sp³-hybridized carbons (Fsp3) is 0.125. The molecule has 2 rings (SSSR count). The van der Waals surface area contributed by atoms with E-state index in [0.29, 0.717) is 4.57 Å². The Balaban J connectivity index is 2.53. The number of aromatic hydroxyl groups is 1. The van der Waals surface area contributed by atoms with Crippen molar-refractivity contribution in [1.82, 2.24) is 14.7 Å². The lowest BCUT2D eigenvalue weighted by atomic mass is 10.4. The van der Waals surface area contributed by atoms with Crippen molar-refractivity contribution in [1.29, 1.82) is 0 Å². The van der Waals surface area contributed by atoms with Crippen LogP contribution in [0.15, 0.2) is 26.4 Å². The van der Waals surface area contributed by atoms with Gasteiger partial charge in [-0.3, -0.25) is 14.3 Å². The monoisotopic (exact) mass is 227 g/mol. The summed E-state index contributed by atoms with van der Waals surface area (Å²) in [5.74, 6) is -2.21. The molecule has 0 amide bonds. The van der Waals surface area contributed by atoms with E-state index in [0.717, 1.165) is 0 Å². The fourth-order valence-electron chi connectivity index (χ4n) is 1.16. The quantitative estimate of drug-likeness (QED) is 0.714. The Hall–Kier alpha value is -2.38. The van der Waals surface area contributed by atoms with Gasteiger partial charge in [-0.05, 0) is 0 Å². The van der Waals surface area contributed by atoms with Crippen LogP contribution < -0.4 is 11.2 Å². The lowest BCUT2D eigenvalue weighted by Crippen LogP contribution is -2.32.